The summed E-state index contributed by atoms with van der Waals surface area (Å²) in [5.41, 5.74) is 2.69. The number of benzene rings is 1. The van der Waals surface area contributed by atoms with Crippen molar-refractivity contribution in [1.82, 2.24) is 10.6 Å². The van der Waals surface area contributed by atoms with E-state index in [1.165, 1.54) is 17.2 Å². The van der Waals surface area contributed by atoms with Gasteiger partial charge in [-0.15, -0.1) is 11.3 Å². The van der Waals surface area contributed by atoms with Crippen LogP contribution >= 0.6 is 11.3 Å². The number of nitrogens with one attached hydrogen (secondary N) is 2. The van der Waals surface area contributed by atoms with Crippen molar-refractivity contribution in [2.24, 2.45) is 10.1 Å². The maximum atomic E-state index is 11.3. The van der Waals surface area contributed by atoms with Crippen molar-refractivity contribution >= 4 is 27.3 Å². The lowest BCUT2D eigenvalue weighted by atomic mass is 10.0. The Hall–Kier alpha value is -1.90. The number of primary sulfonamides is 1. The van der Waals surface area contributed by atoms with E-state index in [1.54, 1.807) is 13.1 Å². The van der Waals surface area contributed by atoms with Gasteiger partial charge in [-0.3, -0.25) is 4.99 Å². The van der Waals surface area contributed by atoms with Crippen molar-refractivity contribution in [3.05, 3.63) is 52.4 Å². The molecule has 1 aromatic heterocycles. The number of hydrogen-bond donors (Lipinski definition) is 3. The number of guanidine groups is 1. The second-order valence-electron chi connectivity index (χ2n) is 6.62. The molecule has 4 N–H and O–H groups in total. The van der Waals surface area contributed by atoms with Crippen LogP contribution in [-0.4, -0.2) is 28.0 Å². The van der Waals surface area contributed by atoms with E-state index >= 15 is 0 Å². The summed E-state index contributed by atoms with van der Waals surface area (Å²) in [4.78, 5) is 5.07. The van der Waals surface area contributed by atoms with Crippen LogP contribution in [0.4, 0.5) is 0 Å². The van der Waals surface area contributed by atoms with Gasteiger partial charge in [0.2, 0.25) is 10.0 Å². The Balaban J connectivity index is 1.73. The number of aliphatic imine (C=N–C) groups is 1. The molecular weight excluding hydrogens is 380 g/mol. The van der Waals surface area contributed by atoms with E-state index < -0.39 is 10.0 Å². The highest BCUT2D eigenvalue weighted by molar-refractivity contribution is 7.91. The summed E-state index contributed by atoms with van der Waals surface area (Å²) in [7, 11) is -1.92. The first-order valence-electron chi connectivity index (χ1n) is 8.94. The van der Waals surface area contributed by atoms with Gasteiger partial charge in [-0.2, -0.15) is 0 Å². The van der Waals surface area contributed by atoms with Crippen LogP contribution < -0.4 is 15.8 Å². The number of aryl methyl sites for hydroxylation is 1. The number of sulfonamides is 1. The fourth-order valence-corrected chi connectivity index (χ4v) is 4.28. The molecule has 0 atom stereocenters. The standard InChI is InChI=1S/C19H28N4O2S2/c1-14(2)16-8-6-15(7-9-16)5-4-12-22-19(21-3)23-13-17-10-11-18(26-17)27(20,24)25/h6-11,14H,4-5,12-13H2,1-3H3,(H2,20,24,25)(H2,21,22,23). The van der Waals surface area contributed by atoms with Gasteiger partial charge in [-0.25, -0.2) is 13.6 Å². The van der Waals surface area contributed by atoms with Crippen LogP contribution in [0.1, 0.15) is 42.2 Å². The number of nitrogens with zero attached hydrogens (tertiary/aromatic N) is 1. The Morgan fingerprint density at radius 3 is 2.41 bits per heavy atom. The van der Waals surface area contributed by atoms with Crippen molar-refractivity contribution in [1.29, 1.82) is 0 Å². The molecule has 0 saturated carbocycles. The Morgan fingerprint density at radius 2 is 1.85 bits per heavy atom. The Morgan fingerprint density at radius 1 is 1.15 bits per heavy atom. The van der Waals surface area contributed by atoms with Crippen molar-refractivity contribution in [2.45, 2.75) is 43.4 Å². The van der Waals surface area contributed by atoms with Gasteiger partial charge in [0, 0.05) is 18.5 Å². The first-order chi connectivity index (χ1) is 12.8. The molecule has 0 aliphatic heterocycles. The lowest BCUT2D eigenvalue weighted by Crippen LogP contribution is -2.37. The molecule has 27 heavy (non-hydrogen) atoms. The van der Waals surface area contributed by atoms with Crippen molar-refractivity contribution in [2.75, 3.05) is 13.6 Å². The zero-order valence-electron chi connectivity index (χ0n) is 16.0. The van der Waals surface area contributed by atoms with E-state index in [0.717, 1.165) is 35.6 Å². The van der Waals surface area contributed by atoms with Crippen LogP contribution in [0.15, 0.2) is 45.6 Å². The van der Waals surface area contributed by atoms with E-state index in [0.29, 0.717) is 18.4 Å². The van der Waals surface area contributed by atoms with Gasteiger partial charge in [-0.05, 0) is 42.0 Å². The van der Waals surface area contributed by atoms with E-state index in [9.17, 15) is 8.42 Å². The van der Waals surface area contributed by atoms with Gasteiger partial charge >= 0.3 is 0 Å². The zero-order chi connectivity index (χ0) is 19.9. The average molecular weight is 409 g/mol. The monoisotopic (exact) mass is 408 g/mol. The molecule has 0 spiro atoms. The molecule has 0 saturated heterocycles. The summed E-state index contributed by atoms with van der Waals surface area (Å²) in [6.45, 7) is 5.70. The third-order valence-corrected chi connectivity index (χ3v) is 6.68. The second-order valence-corrected chi connectivity index (χ2v) is 9.57. The van der Waals surface area contributed by atoms with Crippen molar-refractivity contribution < 1.29 is 8.42 Å². The highest BCUT2D eigenvalue weighted by Gasteiger charge is 2.11. The highest BCUT2D eigenvalue weighted by Crippen LogP contribution is 2.20. The van der Waals surface area contributed by atoms with Gasteiger partial charge in [-0.1, -0.05) is 38.1 Å². The molecule has 2 aromatic rings. The van der Waals surface area contributed by atoms with Gasteiger partial charge in [0.25, 0.3) is 0 Å². The molecule has 0 radical (unpaired) electrons. The third-order valence-electron chi connectivity index (χ3n) is 4.15. The summed E-state index contributed by atoms with van der Waals surface area (Å²) in [6.07, 6.45) is 2.00. The maximum absolute atomic E-state index is 11.3. The SMILES string of the molecule is CN=C(NCCCc1ccc(C(C)C)cc1)NCc1ccc(S(N)(=O)=O)s1. The van der Waals surface area contributed by atoms with Crippen LogP contribution in [0.5, 0.6) is 0 Å². The van der Waals surface area contributed by atoms with Crippen molar-refractivity contribution in [3.8, 4) is 0 Å². The topological polar surface area (TPSA) is 96.6 Å². The Bertz CT molecular complexity index is 856. The molecule has 6 nitrogen and oxygen atoms in total. The van der Waals surface area contributed by atoms with Crippen LogP contribution in [0.2, 0.25) is 0 Å². The minimum absolute atomic E-state index is 0.172. The second kappa shape index (κ2) is 9.87. The number of rotatable bonds is 8. The molecule has 0 aliphatic rings. The lowest BCUT2D eigenvalue weighted by molar-refractivity contribution is 0.600. The highest BCUT2D eigenvalue weighted by atomic mass is 32.2. The van der Waals surface area contributed by atoms with Crippen LogP contribution in [0.3, 0.4) is 0 Å². The summed E-state index contributed by atoms with van der Waals surface area (Å²) in [5, 5.41) is 11.6. The fraction of sp³-hybridized carbons (Fsp3) is 0.421. The predicted molar refractivity (Wildman–Crippen MR) is 113 cm³/mol. The Labute approximate surface area is 166 Å². The third kappa shape index (κ3) is 6.97. The molecule has 1 heterocycles. The van der Waals surface area contributed by atoms with Gasteiger partial charge < -0.3 is 10.6 Å². The molecule has 0 bridgehead atoms. The molecule has 0 amide bonds. The fourth-order valence-electron chi connectivity index (χ4n) is 2.57. The number of thiophene rings is 1. The van der Waals surface area contributed by atoms with Gasteiger partial charge in [0.05, 0.1) is 6.54 Å². The molecule has 8 heteroatoms. The quantitative estimate of drug-likeness (QED) is 0.355. The minimum atomic E-state index is -3.63. The number of nitrogens with two attached hydrogens (primary N) is 1. The zero-order valence-corrected chi connectivity index (χ0v) is 17.7. The first-order valence-corrected chi connectivity index (χ1v) is 11.3. The average Bonchev–Trinajstić information content (AvgIpc) is 3.11. The van der Waals surface area contributed by atoms with Crippen LogP contribution in [-0.2, 0) is 23.0 Å². The van der Waals surface area contributed by atoms with E-state index in [1.807, 2.05) is 0 Å². The van der Waals surface area contributed by atoms with Crippen LogP contribution in [0.25, 0.3) is 0 Å². The van der Waals surface area contributed by atoms with Gasteiger partial charge in [0.1, 0.15) is 4.21 Å². The van der Waals surface area contributed by atoms with Crippen molar-refractivity contribution in [3.63, 3.8) is 0 Å². The molecule has 0 fully saturated rings. The predicted octanol–water partition coefficient (Wildman–Crippen LogP) is 2.82. The lowest BCUT2D eigenvalue weighted by Gasteiger charge is -2.11. The number of hydrogen-bond acceptors (Lipinski definition) is 4. The largest absolute Gasteiger partial charge is 0.356 e. The van der Waals surface area contributed by atoms with E-state index in [2.05, 4.69) is 53.7 Å². The molecule has 0 aliphatic carbocycles. The molecule has 1 aromatic carbocycles. The summed E-state index contributed by atoms with van der Waals surface area (Å²) in [6, 6.07) is 12.1. The first kappa shape index (κ1) is 21.4. The molecule has 0 unspecified atom stereocenters. The normalized spacial score (nSPS) is 12.4. The Kier molecular flexibility index (Phi) is 7.82. The molecule has 148 valence electrons. The smallest absolute Gasteiger partial charge is 0.247 e. The summed E-state index contributed by atoms with van der Waals surface area (Å²) < 4.78 is 22.8. The minimum Gasteiger partial charge on any atom is -0.356 e. The molecular formula is C19H28N4O2S2. The van der Waals surface area contributed by atoms with Crippen LogP contribution in [0, 0.1) is 0 Å². The molecule has 2 rings (SSSR count). The summed E-state index contributed by atoms with van der Waals surface area (Å²) in [5.74, 6) is 1.25. The van der Waals surface area contributed by atoms with Gasteiger partial charge in [0.15, 0.2) is 5.96 Å². The summed E-state index contributed by atoms with van der Waals surface area (Å²) >= 11 is 1.16. The maximum Gasteiger partial charge on any atom is 0.247 e. The van der Waals surface area contributed by atoms with E-state index in [-0.39, 0.29) is 4.21 Å². The van der Waals surface area contributed by atoms with E-state index in [4.69, 9.17) is 5.14 Å².